The van der Waals surface area contributed by atoms with Gasteiger partial charge in [0.05, 0.1) is 16.8 Å². The quantitative estimate of drug-likeness (QED) is 0.878. The van der Waals surface area contributed by atoms with Crippen molar-refractivity contribution >= 4 is 9.84 Å². The van der Waals surface area contributed by atoms with Crippen LogP contribution in [-0.2, 0) is 9.84 Å². The number of benzene rings is 1. The molecule has 0 heterocycles. The van der Waals surface area contributed by atoms with E-state index in [1.165, 1.54) is 0 Å². The van der Waals surface area contributed by atoms with Crippen molar-refractivity contribution in [3.63, 3.8) is 0 Å². The van der Waals surface area contributed by atoms with Crippen LogP contribution in [-0.4, -0.2) is 25.4 Å². The van der Waals surface area contributed by atoms with Crippen LogP contribution in [0.4, 0.5) is 0 Å². The molecule has 1 rings (SSSR count). The Morgan fingerprint density at radius 1 is 1.19 bits per heavy atom. The van der Waals surface area contributed by atoms with E-state index < -0.39 is 15.9 Å². The molecular formula is C12H18O3S. The van der Waals surface area contributed by atoms with Crippen molar-refractivity contribution in [2.24, 2.45) is 0 Å². The second-order valence-electron chi connectivity index (χ2n) is 4.00. The van der Waals surface area contributed by atoms with Gasteiger partial charge in [0, 0.05) is 5.92 Å². The fourth-order valence-corrected chi connectivity index (χ4v) is 2.31. The molecule has 1 aromatic carbocycles. The Labute approximate surface area is 97.0 Å². The second kappa shape index (κ2) is 4.97. The van der Waals surface area contributed by atoms with Gasteiger partial charge in [-0.3, -0.25) is 0 Å². The summed E-state index contributed by atoms with van der Waals surface area (Å²) in [7, 11) is -3.12. The predicted octanol–water partition coefficient (Wildman–Crippen LogP) is 1.96. The molecule has 1 N–H and O–H groups in total. The van der Waals surface area contributed by atoms with Gasteiger partial charge in [-0.05, 0) is 24.6 Å². The molecule has 2 atom stereocenters. The van der Waals surface area contributed by atoms with Gasteiger partial charge in [-0.25, -0.2) is 8.42 Å². The number of sulfone groups is 1. The van der Waals surface area contributed by atoms with E-state index >= 15 is 0 Å². The van der Waals surface area contributed by atoms with Crippen molar-refractivity contribution in [1.29, 1.82) is 0 Å². The van der Waals surface area contributed by atoms with E-state index in [0.29, 0.717) is 4.90 Å². The van der Waals surface area contributed by atoms with Gasteiger partial charge in [-0.1, -0.05) is 26.0 Å². The Balaban J connectivity index is 3.01. The van der Waals surface area contributed by atoms with Crippen LogP contribution in [0.25, 0.3) is 0 Å². The highest BCUT2D eigenvalue weighted by Crippen LogP contribution is 2.21. The van der Waals surface area contributed by atoms with Gasteiger partial charge in [0.2, 0.25) is 0 Å². The van der Waals surface area contributed by atoms with Gasteiger partial charge in [-0.2, -0.15) is 0 Å². The molecule has 0 bridgehead atoms. The van der Waals surface area contributed by atoms with Gasteiger partial charge in [0.15, 0.2) is 9.84 Å². The third-order valence-electron chi connectivity index (χ3n) is 2.87. The maximum absolute atomic E-state index is 11.6. The van der Waals surface area contributed by atoms with Crippen molar-refractivity contribution < 1.29 is 13.5 Å². The molecule has 16 heavy (non-hydrogen) atoms. The molecule has 0 radical (unpaired) electrons. The first kappa shape index (κ1) is 13.2. The Morgan fingerprint density at radius 3 is 2.06 bits per heavy atom. The third kappa shape index (κ3) is 2.83. The lowest BCUT2D eigenvalue weighted by Crippen LogP contribution is -2.11. The minimum Gasteiger partial charge on any atom is -0.393 e. The lowest BCUT2D eigenvalue weighted by atomic mass is 9.97. The highest BCUT2D eigenvalue weighted by Gasteiger charge is 2.14. The van der Waals surface area contributed by atoms with Crippen molar-refractivity contribution in [2.75, 3.05) is 5.75 Å². The SMILES string of the molecule is CCS(=O)(=O)c1ccc([C@@H](C)[C@@H](C)O)cc1. The van der Waals surface area contributed by atoms with Crippen LogP contribution in [0.5, 0.6) is 0 Å². The molecule has 4 heteroatoms. The largest absolute Gasteiger partial charge is 0.393 e. The monoisotopic (exact) mass is 242 g/mol. The molecule has 0 fully saturated rings. The van der Waals surface area contributed by atoms with E-state index in [0.717, 1.165) is 5.56 Å². The zero-order valence-corrected chi connectivity index (χ0v) is 10.7. The van der Waals surface area contributed by atoms with Crippen LogP contribution in [0.2, 0.25) is 0 Å². The summed E-state index contributed by atoms with van der Waals surface area (Å²) in [4.78, 5) is 0.344. The number of aliphatic hydroxyl groups excluding tert-OH is 1. The minimum atomic E-state index is -3.12. The molecule has 3 nitrogen and oxygen atoms in total. The molecule has 0 unspecified atom stereocenters. The van der Waals surface area contributed by atoms with E-state index in [1.54, 1.807) is 38.1 Å². The fraction of sp³-hybridized carbons (Fsp3) is 0.500. The maximum atomic E-state index is 11.6. The number of hydrogen-bond acceptors (Lipinski definition) is 3. The summed E-state index contributed by atoms with van der Waals surface area (Å²) in [5, 5.41) is 9.43. The molecule has 0 aliphatic carbocycles. The number of rotatable bonds is 4. The van der Waals surface area contributed by atoms with Crippen LogP contribution in [0, 0.1) is 0 Å². The zero-order valence-electron chi connectivity index (χ0n) is 9.84. The first-order chi connectivity index (χ1) is 7.38. The highest BCUT2D eigenvalue weighted by molar-refractivity contribution is 7.91. The van der Waals surface area contributed by atoms with Crippen LogP contribution >= 0.6 is 0 Å². The molecule has 0 saturated heterocycles. The molecule has 0 spiro atoms. The minimum absolute atomic E-state index is 0.0124. The van der Waals surface area contributed by atoms with E-state index in [4.69, 9.17) is 0 Å². The average molecular weight is 242 g/mol. The van der Waals surface area contributed by atoms with Crippen LogP contribution in [0.15, 0.2) is 29.2 Å². The molecule has 0 aliphatic rings. The third-order valence-corrected chi connectivity index (χ3v) is 4.62. The standard InChI is InChI=1S/C12H18O3S/c1-4-16(14,15)12-7-5-11(6-8-12)9(2)10(3)13/h5-10,13H,4H2,1-3H3/t9-,10+/m0/s1. The summed E-state index contributed by atoms with van der Waals surface area (Å²) in [6.45, 7) is 5.26. The summed E-state index contributed by atoms with van der Waals surface area (Å²) >= 11 is 0. The summed E-state index contributed by atoms with van der Waals surface area (Å²) in [5.41, 5.74) is 0.949. The Bertz CT molecular complexity index is 432. The van der Waals surface area contributed by atoms with Gasteiger partial charge in [0.1, 0.15) is 0 Å². The molecule has 0 aliphatic heterocycles. The van der Waals surface area contributed by atoms with Gasteiger partial charge >= 0.3 is 0 Å². The van der Waals surface area contributed by atoms with Crippen LogP contribution in [0.3, 0.4) is 0 Å². The van der Waals surface area contributed by atoms with E-state index in [1.807, 2.05) is 6.92 Å². The smallest absolute Gasteiger partial charge is 0.178 e. The lowest BCUT2D eigenvalue weighted by Gasteiger charge is -2.15. The van der Waals surface area contributed by atoms with E-state index in [-0.39, 0.29) is 11.7 Å². The van der Waals surface area contributed by atoms with E-state index in [2.05, 4.69) is 0 Å². The summed E-state index contributed by atoms with van der Waals surface area (Å²) in [5.74, 6) is 0.122. The van der Waals surface area contributed by atoms with Crippen molar-refractivity contribution in [2.45, 2.75) is 37.7 Å². The summed E-state index contributed by atoms with van der Waals surface area (Å²) in [6.07, 6.45) is -0.436. The summed E-state index contributed by atoms with van der Waals surface area (Å²) < 4.78 is 23.1. The lowest BCUT2D eigenvalue weighted by molar-refractivity contribution is 0.169. The Kier molecular flexibility index (Phi) is 4.10. The van der Waals surface area contributed by atoms with Gasteiger partial charge in [-0.15, -0.1) is 0 Å². The van der Waals surface area contributed by atoms with Crippen molar-refractivity contribution in [3.8, 4) is 0 Å². The van der Waals surface area contributed by atoms with E-state index in [9.17, 15) is 13.5 Å². The van der Waals surface area contributed by atoms with Crippen molar-refractivity contribution in [3.05, 3.63) is 29.8 Å². The average Bonchev–Trinajstić information content (AvgIpc) is 2.28. The van der Waals surface area contributed by atoms with Crippen molar-refractivity contribution in [1.82, 2.24) is 0 Å². The Morgan fingerprint density at radius 2 is 1.69 bits per heavy atom. The predicted molar refractivity (Wildman–Crippen MR) is 64.3 cm³/mol. The molecule has 0 saturated carbocycles. The molecular weight excluding hydrogens is 224 g/mol. The van der Waals surface area contributed by atoms with Crippen LogP contribution < -0.4 is 0 Å². The molecule has 1 aromatic rings. The second-order valence-corrected chi connectivity index (χ2v) is 6.28. The Hall–Kier alpha value is -0.870. The number of hydrogen-bond donors (Lipinski definition) is 1. The van der Waals surface area contributed by atoms with Gasteiger partial charge in [0.25, 0.3) is 0 Å². The molecule has 0 aromatic heterocycles. The normalized spacial score (nSPS) is 15.8. The maximum Gasteiger partial charge on any atom is 0.178 e. The zero-order chi connectivity index (χ0) is 12.3. The highest BCUT2D eigenvalue weighted by atomic mass is 32.2. The topological polar surface area (TPSA) is 54.4 Å². The molecule has 0 amide bonds. The fourth-order valence-electron chi connectivity index (χ4n) is 1.42. The molecule has 90 valence electrons. The van der Waals surface area contributed by atoms with Gasteiger partial charge < -0.3 is 5.11 Å². The first-order valence-corrected chi connectivity index (χ1v) is 7.04. The summed E-state index contributed by atoms with van der Waals surface area (Å²) in [6, 6.07) is 6.74. The number of aliphatic hydroxyl groups is 1. The van der Waals surface area contributed by atoms with Crippen LogP contribution in [0.1, 0.15) is 32.3 Å². The first-order valence-electron chi connectivity index (χ1n) is 5.39.